The van der Waals surface area contributed by atoms with Crippen molar-refractivity contribution in [2.24, 2.45) is 0 Å². The van der Waals surface area contributed by atoms with Gasteiger partial charge >= 0.3 is 6.03 Å². The maximum absolute atomic E-state index is 12.0. The summed E-state index contributed by atoms with van der Waals surface area (Å²) in [5, 5.41) is 8.29. The van der Waals surface area contributed by atoms with Gasteiger partial charge in [0.05, 0.1) is 12.1 Å². The van der Waals surface area contributed by atoms with E-state index in [1.807, 2.05) is 0 Å². The van der Waals surface area contributed by atoms with E-state index < -0.39 is 0 Å². The van der Waals surface area contributed by atoms with Crippen LogP contribution < -0.4 is 16.0 Å². The molecule has 3 N–H and O–H groups in total. The topological polar surface area (TPSA) is 79.5 Å². The van der Waals surface area contributed by atoms with Crippen LogP contribution in [-0.2, 0) is 4.74 Å². The fourth-order valence-corrected chi connectivity index (χ4v) is 2.44. The molecule has 21 heavy (non-hydrogen) atoms. The summed E-state index contributed by atoms with van der Waals surface area (Å²) in [5.74, 6) is -0.153. The molecule has 1 aromatic carbocycles. The second kappa shape index (κ2) is 6.58. The SMILES string of the molecule is CNC(=O)c1ccc(NC(=O)NC2(COC)CCC2)cc1. The van der Waals surface area contributed by atoms with E-state index in [0.717, 1.165) is 19.3 Å². The van der Waals surface area contributed by atoms with Gasteiger partial charge in [-0.1, -0.05) is 0 Å². The number of carbonyl (C=O) groups excluding carboxylic acids is 2. The van der Waals surface area contributed by atoms with Gasteiger partial charge in [-0.15, -0.1) is 0 Å². The molecule has 0 spiro atoms. The Balaban J connectivity index is 1.92. The van der Waals surface area contributed by atoms with Crippen molar-refractivity contribution in [1.29, 1.82) is 0 Å². The highest BCUT2D eigenvalue weighted by atomic mass is 16.5. The Morgan fingerprint density at radius 1 is 1.24 bits per heavy atom. The maximum atomic E-state index is 12.0. The molecule has 0 aliphatic heterocycles. The lowest BCUT2D eigenvalue weighted by molar-refractivity contribution is 0.0648. The van der Waals surface area contributed by atoms with Gasteiger partial charge in [0, 0.05) is 25.4 Å². The molecule has 0 bridgehead atoms. The standard InChI is InChI=1S/C15H21N3O3/c1-16-13(19)11-4-6-12(7-5-11)17-14(20)18-15(10-21-2)8-3-9-15/h4-7H,3,8-10H2,1-2H3,(H,16,19)(H2,17,18,20). The molecule has 0 atom stereocenters. The van der Waals surface area contributed by atoms with E-state index in [1.54, 1.807) is 38.4 Å². The number of amides is 3. The third-order valence-corrected chi connectivity index (χ3v) is 3.74. The lowest BCUT2D eigenvalue weighted by Gasteiger charge is -2.41. The van der Waals surface area contributed by atoms with Gasteiger partial charge in [-0.3, -0.25) is 4.79 Å². The summed E-state index contributed by atoms with van der Waals surface area (Å²) in [6.45, 7) is 0.524. The Morgan fingerprint density at radius 3 is 2.38 bits per heavy atom. The molecule has 6 nitrogen and oxygen atoms in total. The van der Waals surface area contributed by atoms with E-state index in [4.69, 9.17) is 4.74 Å². The smallest absolute Gasteiger partial charge is 0.319 e. The average molecular weight is 291 g/mol. The molecule has 1 aliphatic carbocycles. The van der Waals surface area contributed by atoms with Crippen LogP contribution in [-0.4, -0.2) is 38.2 Å². The van der Waals surface area contributed by atoms with Crippen molar-refractivity contribution in [3.05, 3.63) is 29.8 Å². The Kier molecular flexibility index (Phi) is 4.80. The van der Waals surface area contributed by atoms with Crippen molar-refractivity contribution in [2.45, 2.75) is 24.8 Å². The third-order valence-electron chi connectivity index (χ3n) is 3.74. The number of urea groups is 1. The van der Waals surface area contributed by atoms with Gasteiger partial charge < -0.3 is 20.7 Å². The minimum atomic E-state index is -0.251. The number of rotatable bonds is 5. The molecule has 6 heteroatoms. The summed E-state index contributed by atoms with van der Waals surface area (Å²) in [6, 6.07) is 6.49. The van der Waals surface area contributed by atoms with Crippen LogP contribution in [0.15, 0.2) is 24.3 Å². The van der Waals surface area contributed by atoms with E-state index in [1.165, 1.54) is 0 Å². The van der Waals surface area contributed by atoms with Crippen LogP contribution in [0.25, 0.3) is 0 Å². The van der Waals surface area contributed by atoms with Crippen LogP contribution in [0.2, 0.25) is 0 Å². The highest BCUT2D eigenvalue weighted by Gasteiger charge is 2.38. The van der Waals surface area contributed by atoms with Crippen LogP contribution >= 0.6 is 0 Å². The van der Waals surface area contributed by atoms with Crippen molar-refractivity contribution in [1.82, 2.24) is 10.6 Å². The molecular weight excluding hydrogens is 270 g/mol. The number of ether oxygens (including phenoxy) is 1. The van der Waals surface area contributed by atoms with E-state index >= 15 is 0 Å². The minimum Gasteiger partial charge on any atom is -0.382 e. The Bertz CT molecular complexity index is 509. The molecule has 0 aromatic heterocycles. The lowest BCUT2D eigenvalue weighted by atomic mass is 9.77. The maximum Gasteiger partial charge on any atom is 0.319 e. The quantitative estimate of drug-likeness (QED) is 0.773. The number of anilines is 1. The van der Waals surface area contributed by atoms with Crippen molar-refractivity contribution in [2.75, 3.05) is 26.1 Å². The van der Waals surface area contributed by atoms with Crippen LogP contribution in [0, 0.1) is 0 Å². The van der Waals surface area contributed by atoms with Crippen LogP contribution in [0.3, 0.4) is 0 Å². The van der Waals surface area contributed by atoms with Crippen molar-refractivity contribution < 1.29 is 14.3 Å². The molecule has 0 saturated heterocycles. The summed E-state index contributed by atoms with van der Waals surface area (Å²) in [4.78, 5) is 23.4. The summed E-state index contributed by atoms with van der Waals surface area (Å²) >= 11 is 0. The van der Waals surface area contributed by atoms with Gasteiger partial charge in [0.2, 0.25) is 0 Å². The normalized spacial score (nSPS) is 15.7. The van der Waals surface area contributed by atoms with Gasteiger partial charge in [-0.05, 0) is 43.5 Å². The summed E-state index contributed by atoms with van der Waals surface area (Å²) in [7, 11) is 3.22. The molecule has 3 amide bonds. The molecule has 0 heterocycles. The molecule has 1 saturated carbocycles. The minimum absolute atomic E-state index is 0.153. The first-order valence-electron chi connectivity index (χ1n) is 6.99. The van der Waals surface area contributed by atoms with Gasteiger partial charge in [-0.2, -0.15) is 0 Å². The fraction of sp³-hybridized carbons (Fsp3) is 0.467. The molecule has 114 valence electrons. The third kappa shape index (κ3) is 3.72. The molecule has 1 aliphatic rings. The van der Waals surface area contributed by atoms with Crippen LogP contribution in [0.1, 0.15) is 29.6 Å². The van der Waals surface area contributed by atoms with Gasteiger partial charge in [-0.25, -0.2) is 4.79 Å². The zero-order valence-electron chi connectivity index (χ0n) is 12.4. The predicted octanol–water partition coefficient (Wildman–Crippen LogP) is 1.74. The number of methoxy groups -OCH3 is 1. The molecular formula is C15H21N3O3. The molecule has 2 rings (SSSR count). The van der Waals surface area contributed by atoms with Crippen LogP contribution in [0.5, 0.6) is 0 Å². The summed E-state index contributed by atoms with van der Waals surface area (Å²) in [5.41, 5.74) is 0.964. The first-order valence-corrected chi connectivity index (χ1v) is 6.99. The second-order valence-electron chi connectivity index (χ2n) is 5.30. The first-order chi connectivity index (χ1) is 10.1. The summed E-state index contributed by atoms with van der Waals surface area (Å²) < 4.78 is 5.17. The summed E-state index contributed by atoms with van der Waals surface area (Å²) in [6.07, 6.45) is 2.97. The lowest BCUT2D eigenvalue weighted by Crippen LogP contribution is -2.57. The zero-order chi connectivity index (χ0) is 15.3. The number of carbonyl (C=O) groups is 2. The second-order valence-corrected chi connectivity index (χ2v) is 5.30. The zero-order valence-corrected chi connectivity index (χ0v) is 12.4. The van der Waals surface area contributed by atoms with E-state index in [0.29, 0.717) is 17.9 Å². The molecule has 0 unspecified atom stereocenters. The fourth-order valence-electron chi connectivity index (χ4n) is 2.44. The van der Waals surface area contributed by atoms with Gasteiger partial charge in [0.1, 0.15) is 0 Å². The van der Waals surface area contributed by atoms with Gasteiger partial charge in [0.25, 0.3) is 5.91 Å². The Morgan fingerprint density at radius 2 is 1.90 bits per heavy atom. The Labute approximate surface area is 124 Å². The monoisotopic (exact) mass is 291 g/mol. The molecule has 1 fully saturated rings. The van der Waals surface area contributed by atoms with E-state index in [2.05, 4.69) is 16.0 Å². The van der Waals surface area contributed by atoms with Crippen molar-refractivity contribution >= 4 is 17.6 Å². The predicted molar refractivity (Wildman–Crippen MR) is 80.4 cm³/mol. The highest BCUT2D eigenvalue weighted by molar-refractivity contribution is 5.95. The largest absolute Gasteiger partial charge is 0.382 e. The van der Waals surface area contributed by atoms with Gasteiger partial charge in [0.15, 0.2) is 0 Å². The Hall–Kier alpha value is -2.08. The number of benzene rings is 1. The number of hydrogen-bond acceptors (Lipinski definition) is 3. The number of hydrogen-bond donors (Lipinski definition) is 3. The van der Waals surface area contributed by atoms with Crippen LogP contribution in [0.4, 0.5) is 10.5 Å². The molecule has 1 aromatic rings. The van der Waals surface area contributed by atoms with E-state index in [-0.39, 0.29) is 17.5 Å². The first kappa shape index (κ1) is 15.3. The van der Waals surface area contributed by atoms with E-state index in [9.17, 15) is 9.59 Å². The number of nitrogens with one attached hydrogen (secondary N) is 3. The van der Waals surface area contributed by atoms with Crippen molar-refractivity contribution in [3.8, 4) is 0 Å². The average Bonchev–Trinajstić information content (AvgIpc) is 2.45. The molecule has 0 radical (unpaired) electrons. The highest BCUT2D eigenvalue weighted by Crippen LogP contribution is 2.32. The van der Waals surface area contributed by atoms with Crippen molar-refractivity contribution in [3.63, 3.8) is 0 Å².